The summed E-state index contributed by atoms with van der Waals surface area (Å²) in [6, 6.07) is 6.31. The maximum atomic E-state index is 12.6. The lowest BCUT2D eigenvalue weighted by atomic mass is 9.98. The number of hydrogen-bond donors (Lipinski definition) is 1. The van der Waals surface area contributed by atoms with Gasteiger partial charge in [-0.25, -0.2) is 13.4 Å². The van der Waals surface area contributed by atoms with Gasteiger partial charge in [-0.2, -0.15) is 4.31 Å². The van der Waals surface area contributed by atoms with E-state index in [4.69, 9.17) is 11.6 Å². The SMILES string of the molecule is O=S(=O)(c1ccc(Cl)cc1)N1CCC(c2ncc[nH]2)CC1. The number of aromatic amines is 1. The Balaban J connectivity index is 1.72. The van der Waals surface area contributed by atoms with Gasteiger partial charge in [0.2, 0.25) is 10.0 Å². The van der Waals surface area contributed by atoms with E-state index in [1.165, 1.54) is 4.31 Å². The van der Waals surface area contributed by atoms with Crippen LogP contribution in [0.15, 0.2) is 41.6 Å². The zero-order chi connectivity index (χ0) is 14.9. The van der Waals surface area contributed by atoms with Crippen LogP contribution in [0.25, 0.3) is 0 Å². The van der Waals surface area contributed by atoms with E-state index in [0.717, 1.165) is 18.7 Å². The topological polar surface area (TPSA) is 66.1 Å². The van der Waals surface area contributed by atoms with Crippen molar-refractivity contribution in [2.75, 3.05) is 13.1 Å². The van der Waals surface area contributed by atoms with E-state index in [1.807, 2.05) is 0 Å². The molecule has 0 spiro atoms. The van der Waals surface area contributed by atoms with Gasteiger partial charge in [0, 0.05) is 36.4 Å². The number of aromatic nitrogens is 2. The number of imidazole rings is 1. The molecule has 3 rings (SSSR count). The van der Waals surface area contributed by atoms with Crippen LogP contribution < -0.4 is 0 Å². The molecular weight excluding hydrogens is 310 g/mol. The smallest absolute Gasteiger partial charge is 0.243 e. The van der Waals surface area contributed by atoms with Crippen LogP contribution in [0.2, 0.25) is 5.02 Å². The van der Waals surface area contributed by atoms with E-state index in [9.17, 15) is 8.42 Å². The monoisotopic (exact) mass is 325 g/mol. The zero-order valence-electron chi connectivity index (χ0n) is 11.4. The minimum absolute atomic E-state index is 0.295. The fourth-order valence-corrected chi connectivity index (χ4v) is 4.22. The number of rotatable bonds is 3. The largest absolute Gasteiger partial charge is 0.348 e. The summed E-state index contributed by atoms with van der Waals surface area (Å²) in [7, 11) is -3.43. The molecule has 5 nitrogen and oxygen atoms in total. The molecular formula is C14H16ClN3O2S. The number of H-pyrrole nitrogens is 1. The first-order valence-electron chi connectivity index (χ1n) is 6.82. The molecule has 21 heavy (non-hydrogen) atoms. The van der Waals surface area contributed by atoms with Crippen LogP contribution in [0, 0.1) is 0 Å². The average Bonchev–Trinajstić information content (AvgIpc) is 3.02. The van der Waals surface area contributed by atoms with E-state index < -0.39 is 10.0 Å². The molecule has 1 aromatic carbocycles. The van der Waals surface area contributed by atoms with Crippen LogP contribution in [-0.2, 0) is 10.0 Å². The lowest BCUT2D eigenvalue weighted by Crippen LogP contribution is -2.38. The quantitative estimate of drug-likeness (QED) is 0.943. The van der Waals surface area contributed by atoms with E-state index in [-0.39, 0.29) is 0 Å². The van der Waals surface area contributed by atoms with Crippen LogP contribution in [0.3, 0.4) is 0 Å². The van der Waals surface area contributed by atoms with E-state index >= 15 is 0 Å². The molecule has 2 heterocycles. The van der Waals surface area contributed by atoms with Crippen molar-refractivity contribution in [1.29, 1.82) is 0 Å². The Hall–Kier alpha value is -1.37. The Morgan fingerprint density at radius 3 is 2.43 bits per heavy atom. The third-order valence-corrected chi connectivity index (χ3v) is 5.98. The van der Waals surface area contributed by atoms with Gasteiger partial charge in [-0.05, 0) is 37.1 Å². The van der Waals surface area contributed by atoms with Gasteiger partial charge in [-0.3, -0.25) is 0 Å². The molecule has 1 aliphatic rings. The van der Waals surface area contributed by atoms with Crippen molar-refractivity contribution in [2.24, 2.45) is 0 Å². The molecule has 0 atom stereocenters. The standard InChI is InChI=1S/C14H16ClN3O2S/c15-12-1-3-13(4-2-12)21(19,20)18-9-5-11(6-10-18)14-16-7-8-17-14/h1-4,7-8,11H,5-6,9-10H2,(H,16,17). The summed E-state index contributed by atoms with van der Waals surface area (Å²) in [6.07, 6.45) is 5.08. The molecule has 1 N–H and O–H groups in total. The molecule has 0 saturated carbocycles. The first kappa shape index (κ1) is 14.6. The molecule has 1 fully saturated rings. The van der Waals surface area contributed by atoms with Gasteiger partial charge in [-0.1, -0.05) is 11.6 Å². The van der Waals surface area contributed by atoms with Crippen molar-refractivity contribution >= 4 is 21.6 Å². The van der Waals surface area contributed by atoms with Crippen LogP contribution in [-0.4, -0.2) is 35.8 Å². The summed E-state index contributed by atoms with van der Waals surface area (Å²) in [5.41, 5.74) is 0. The lowest BCUT2D eigenvalue weighted by Gasteiger charge is -2.30. The number of nitrogens with one attached hydrogen (secondary N) is 1. The van der Waals surface area contributed by atoms with Crippen molar-refractivity contribution in [2.45, 2.75) is 23.7 Å². The Morgan fingerprint density at radius 1 is 1.19 bits per heavy atom. The molecule has 0 unspecified atom stereocenters. The van der Waals surface area contributed by atoms with Gasteiger partial charge in [-0.15, -0.1) is 0 Å². The van der Waals surface area contributed by atoms with E-state index in [2.05, 4.69) is 9.97 Å². The second-order valence-corrected chi connectivity index (χ2v) is 7.48. The highest BCUT2D eigenvalue weighted by Gasteiger charge is 2.30. The number of halogens is 1. The predicted molar refractivity (Wildman–Crippen MR) is 80.8 cm³/mol. The first-order valence-corrected chi connectivity index (χ1v) is 8.64. The molecule has 1 aromatic heterocycles. The summed E-state index contributed by atoms with van der Waals surface area (Å²) in [4.78, 5) is 7.66. The van der Waals surface area contributed by atoms with E-state index in [1.54, 1.807) is 36.7 Å². The molecule has 1 saturated heterocycles. The van der Waals surface area contributed by atoms with Gasteiger partial charge >= 0.3 is 0 Å². The highest BCUT2D eigenvalue weighted by molar-refractivity contribution is 7.89. The summed E-state index contributed by atoms with van der Waals surface area (Å²) in [6.45, 7) is 1.02. The van der Waals surface area contributed by atoms with E-state index in [0.29, 0.717) is 28.9 Å². The molecule has 2 aromatic rings. The van der Waals surface area contributed by atoms with Crippen LogP contribution in [0.4, 0.5) is 0 Å². The first-order chi connectivity index (χ1) is 10.1. The van der Waals surface area contributed by atoms with Crippen molar-refractivity contribution in [1.82, 2.24) is 14.3 Å². The molecule has 112 valence electrons. The minimum Gasteiger partial charge on any atom is -0.348 e. The fraction of sp³-hybridized carbons (Fsp3) is 0.357. The predicted octanol–water partition coefficient (Wildman–Crippen LogP) is 2.63. The molecule has 0 bridgehead atoms. The lowest BCUT2D eigenvalue weighted by molar-refractivity contribution is 0.314. The van der Waals surface area contributed by atoms with Crippen molar-refractivity contribution in [3.63, 3.8) is 0 Å². The summed E-state index contributed by atoms with van der Waals surface area (Å²) in [5.74, 6) is 1.25. The number of nitrogens with zero attached hydrogens (tertiary/aromatic N) is 2. The summed E-state index contributed by atoms with van der Waals surface area (Å²) in [5, 5.41) is 0.533. The van der Waals surface area contributed by atoms with Gasteiger partial charge < -0.3 is 4.98 Å². The molecule has 0 radical (unpaired) electrons. The van der Waals surface area contributed by atoms with Gasteiger partial charge in [0.05, 0.1) is 4.90 Å². The zero-order valence-corrected chi connectivity index (χ0v) is 12.9. The maximum absolute atomic E-state index is 12.6. The number of benzene rings is 1. The normalized spacial score (nSPS) is 18.0. The number of sulfonamides is 1. The van der Waals surface area contributed by atoms with Crippen LogP contribution in [0.5, 0.6) is 0 Å². The van der Waals surface area contributed by atoms with Gasteiger partial charge in [0.25, 0.3) is 0 Å². The molecule has 7 heteroatoms. The second kappa shape index (κ2) is 5.79. The minimum atomic E-state index is -3.43. The Morgan fingerprint density at radius 2 is 1.86 bits per heavy atom. The van der Waals surface area contributed by atoms with Crippen LogP contribution >= 0.6 is 11.6 Å². The average molecular weight is 326 g/mol. The highest BCUT2D eigenvalue weighted by atomic mass is 35.5. The van der Waals surface area contributed by atoms with Crippen molar-refractivity contribution in [3.05, 3.63) is 47.5 Å². The number of piperidine rings is 1. The summed E-state index contributed by atoms with van der Waals surface area (Å²) < 4.78 is 26.6. The second-order valence-electron chi connectivity index (χ2n) is 5.11. The van der Waals surface area contributed by atoms with Crippen molar-refractivity contribution < 1.29 is 8.42 Å². The highest BCUT2D eigenvalue weighted by Crippen LogP contribution is 2.29. The third kappa shape index (κ3) is 2.97. The van der Waals surface area contributed by atoms with Gasteiger partial charge in [0.1, 0.15) is 5.82 Å². The fourth-order valence-electron chi connectivity index (χ4n) is 2.63. The van der Waals surface area contributed by atoms with Crippen LogP contribution in [0.1, 0.15) is 24.6 Å². The Labute approximate surface area is 129 Å². The Kier molecular flexibility index (Phi) is 4.01. The third-order valence-electron chi connectivity index (χ3n) is 3.81. The number of hydrogen-bond acceptors (Lipinski definition) is 3. The Bertz CT molecular complexity index is 690. The van der Waals surface area contributed by atoms with Crippen molar-refractivity contribution in [3.8, 4) is 0 Å². The molecule has 0 amide bonds. The van der Waals surface area contributed by atoms with Gasteiger partial charge in [0.15, 0.2) is 0 Å². The maximum Gasteiger partial charge on any atom is 0.243 e. The molecule has 1 aliphatic heterocycles. The summed E-state index contributed by atoms with van der Waals surface area (Å²) >= 11 is 5.80. The molecule has 0 aliphatic carbocycles.